The molecule has 0 unspecified atom stereocenters. The summed E-state index contributed by atoms with van der Waals surface area (Å²) in [5.74, 6) is -0.688. The summed E-state index contributed by atoms with van der Waals surface area (Å²) in [5, 5.41) is 0. The SMILES string of the molecule is C[C@@H](c1c[c]ccc1)C(F)F. The van der Waals surface area contributed by atoms with Crippen molar-refractivity contribution in [3.63, 3.8) is 0 Å². The number of benzene rings is 1. The van der Waals surface area contributed by atoms with Crippen LogP contribution in [-0.2, 0) is 0 Å². The quantitative estimate of drug-likeness (QED) is 0.616. The van der Waals surface area contributed by atoms with Gasteiger partial charge in [-0.05, 0) is 11.6 Å². The highest BCUT2D eigenvalue weighted by Crippen LogP contribution is 2.21. The van der Waals surface area contributed by atoms with Gasteiger partial charge in [0.05, 0.1) is 0 Å². The number of hydrogen-bond acceptors (Lipinski definition) is 0. The Kier molecular flexibility index (Phi) is 2.58. The molecule has 0 saturated carbocycles. The summed E-state index contributed by atoms with van der Waals surface area (Å²) in [6, 6.07) is 9.46. The van der Waals surface area contributed by atoms with Crippen LogP contribution < -0.4 is 0 Å². The lowest BCUT2D eigenvalue weighted by atomic mass is 10.0. The zero-order chi connectivity index (χ0) is 8.27. The Labute approximate surface area is 64.9 Å². The van der Waals surface area contributed by atoms with Gasteiger partial charge in [-0.2, -0.15) is 0 Å². The second-order valence-corrected chi connectivity index (χ2v) is 2.46. The van der Waals surface area contributed by atoms with E-state index in [9.17, 15) is 8.78 Å². The Morgan fingerprint density at radius 1 is 1.45 bits per heavy atom. The maximum absolute atomic E-state index is 12.1. The molecule has 1 aromatic rings. The highest BCUT2D eigenvalue weighted by molar-refractivity contribution is 5.18. The van der Waals surface area contributed by atoms with Crippen molar-refractivity contribution in [2.45, 2.75) is 19.3 Å². The van der Waals surface area contributed by atoms with Gasteiger partial charge in [-0.3, -0.25) is 0 Å². The van der Waals surface area contributed by atoms with Crippen molar-refractivity contribution < 1.29 is 8.78 Å². The normalized spacial score (nSPS) is 13.5. The monoisotopic (exact) mass is 155 g/mol. The number of hydrogen-bond donors (Lipinski definition) is 0. The van der Waals surface area contributed by atoms with Crippen LogP contribution >= 0.6 is 0 Å². The van der Waals surface area contributed by atoms with E-state index < -0.39 is 12.3 Å². The largest absolute Gasteiger partial charge is 0.245 e. The van der Waals surface area contributed by atoms with E-state index >= 15 is 0 Å². The predicted molar refractivity (Wildman–Crippen MR) is 39.7 cm³/mol. The van der Waals surface area contributed by atoms with E-state index in [4.69, 9.17) is 0 Å². The van der Waals surface area contributed by atoms with E-state index in [0.29, 0.717) is 5.56 Å². The van der Waals surface area contributed by atoms with E-state index in [1.165, 1.54) is 6.92 Å². The smallest absolute Gasteiger partial charge is 0.210 e. The maximum Gasteiger partial charge on any atom is 0.245 e. The lowest BCUT2D eigenvalue weighted by molar-refractivity contribution is 0.121. The summed E-state index contributed by atoms with van der Waals surface area (Å²) in [4.78, 5) is 0. The Bertz CT molecular complexity index is 206. The molecule has 0 aliphatic heterocycles. The Balaban J connectivity index is 2.77. The second kappa shape index (κ2) is 3.46. The first-order chi connectivity index (χ1) is 5.22. The molecule has 11 heavy (non-hydrogen) atoms. The van der Waals surface area contributed by atoms with Gasteiger partial charge in [-0.1, -0.05) is 31.2 Å². The molecule has 0 N–H and O–H groups in total. The molecule has 0 saturated heterocycles. The minimum Gasteiger partial charge on any atom is -0.210 e. The van der Waals surface area contributed by atoms with Gasteiger partial charge in [-0.15, -0.1) is 0 Å². The molecule has 1 aromatic carbocycles. The molecule has 0 spiro atoms. The molecule has 0 heterocycles. The molecule has 0 aliphatic rings. The van der Waals surface area contributed by atoms with Gasteiger partial charge in [-0.25, -0.2) is 8.78 Å². The molecule has 0 aliphatic carbocycles. The van der Waals surface area contributed by atoms with Crippen LogP contribution in [0, 0.1) is 6.07 Å². The maximum atomic E-state index is 12.1. The lowest BCUT2D eigenvalue weighted by Crippen LogP contribution is -2.03. The first kappa shape index (κ1) is 8.18. The second-order valence-electron chi connectivity index (χ2n) is 2.46. The standard InChI is InChI=1S/C9H9F2/c1-7(9(10)11)8-5-3-2-4-6-8/h2-3,5-7,9H,1H3/t7-/m0/s1. The molecule has 0 nitrogen and oxygen atoms in total. The van der Waals surface area contributed by atoms with Crippen molar-refractivity contribution >= 4 is 0 Å². The number of rotatable bonds is 2. The third-order valence-corrected chi connectivity index (χ3v) is 1.63. The third kappa shape index (κ3) is 2.00. The minimum absolute atomic E-state index is 0.641. The minimum atomic E-state index is -2.29. The van der Waals surface area contributed by atoms with Crippen LogP contribution in [0.2, 0.25) is 0 Å². The highest BCUT2D eigenvalue weighted by atomic mass is 19.3. The molecule has 1 radical (unpaired) electrons. The van der Waals surface area contributed by atoms with Gasteiger partial charge in [0, 0.05) is 5.92 Å². The molecule has 1 rings (SSSR count). The van der Waals surface area contributed by atoms with Crippen molar-refractivity contribution in [3.05, 3.63) is 35.9 Å². The topological polar surface area (TPSA) is 0 Å². The van der Waals surface area contributed by atoms with Crippen molar-refractivity contribution in [2.75, 3.05) is 0 Å². The van der Waals surface area contributed by atoms with Gasteiger partial charge in [0.15, 0.2) is 0 Å². The number of alkyl halides is 2. The Morgan fingerprint density at radius 3 is 2.64 bits per heavy atom. The molecule has 0 fully saturated rings. The molecule has 59 valence electrons. The first-order valence-corrected chi connectivity index (χ1v) is 3.46. The average molecular weight is 155 g/mol. The van der Waals surface area contributed by atoms with Gasteiger partial charge >= 0.3 is 0 Å². The van der Waals surface area contributed by atoms with E-state index in [1.807, 2.05) is 0 Å². The van der Waals surface area contributed by atoms with Gasteiger partial charge in [0.2, 0.25) is 6.43 Å². The third-order valence-electron chi connectivity index (χ3n) is 1.63. The summed E-state index contributed by atoms with van der Waals surface area (Å²) >= 11 is 0. The zero-order valence-electron chi connectivity index (χ0n) is 6.22. The molecule has 0 bridgehead atoms. The van der Waals surface area contributed by atoms with E-state index in [-0.39, 0.29) is 0 Å². The Morgan fingerprint density at radius 2 is 2.18 bits per heavy atom. The fraction of sp³-hybridized carbons (Fsp3) is 0.333. The van der Waals surface area contributed by atoms with Crippen LogP contribution in [-0.4, -0.2) is 6.43 Å². The highest BCUT2D eigenvalue weighted by Gasteiger charge is 2.15. The van der Waals surface area contributed by atoms with Crippen molar-refractivity contribution in [3.8, 4) is 0 Å². The Hall–Kier alpha value is -0.920. The van der Waals surface area contributed by atoms with Crippen molar-refractivity contribution in [2.24, 2.45) is 0 Å². The van der Waals surface area contributed by atoms with Crippen LogP contribution in [0.25, 0.3) is 0 Å². The zero-order valence-corrected chi connectivity index (χ0v) is 6.22. The van der Waals surface area contributed by atoms with Crippen LogP contribution in [0.5, 0.6) is 0 Å². The van der Waals surface area contributed by atoms with Crippen LogP contribution in [0.1, 0.15) is 18.4 Å². The molecule has 2 heteroatoms. The summed E-state index contributed by atoms with van der Waals surface area (Å²) in [5.41, 5.74) is 0.641. The van der Waals surface area contributed by atoms with Gasteiger partial charge in [0.25, 0.3) is 0 Å². The summed E-state index contributed by atoms with van der Waals surface area (Å²) < 4.78 is 24.2. The van der Waals surface area contributed by atoms with E-state index in [1.54, 1.807) is 24.3 Å². The summed E-state index contributed by atoms with van der Waals surface area (Å²) in [7, 11) is 0. The fourth-order valence-electron chi connectivity index (χ4n) is 0.836. The average Bonchev–Trinajstić information content (AvgIpc) is 2.05. The lowest BCUT2D eigenvalue weighted by Gasteiger charge is -2.08. The summed E-state index contributed by atoms with van der Waals surface area (Å²) in [6.07, 6.45) is -2.29. The van der Waals surface area contributed by atoms with E-state index in [0.717, 1.165) is 0 Å². The van der Waals surface area contributed by atoms with Crippen LogP contribution in [0.3, 0.4) is 0 Å². The molecule has 0 amide bonds. The number of halogens is 2. The van der Waals surface area contributed by atoms with Gasteiger partial charge < -0.3 is 0 Å². The molecular weight excluding hydrogens is 146 g/mol. The fourth-order valence-corrected chi connectivity index (χ4v) is 0.836. The first-order valence-electron chi connectivity index (χ1n) is 3.46. The van der Waals surface area contributed by atoms with Crippen LogP contribution in [0.15, 0.2) is 24.3 Å². The van der Waals surface area contributed by atoms with Crippen molar-refractivity contribution in [1.82, 2.24) is 0 Å². The van der Waals surface area contributed by atoms with E-state index in [2.05, 4.69) is 6.07 Å². The van der Waals surface area contributed by atoms with Crippen LogP contribution in [0.4, 0.5) is 8.78 Å². The van der Waals surface area contributed by atoms with Crippen molar-refractivity contribution in [1.29, 1.82) is 0 Å². The molecule has 0 aromatic heterocycles. The predicted octanol–water partition coefficient (Wildman–Crippen LogP) is 2.86. The summed E-state index contributed by atoms with van der Waals surface area (Å²) in [6.45, 7) is 1.51. The molecule has 1 atom stereocenters. The molecular formula is C9H9F2. The van der Waals surface area contributed by atoms with Gasteiger partial charge in [0.1, 0.15) is 0 Å².